The summed E-state index contributed by atoms with van der Waals surface area (Å²) in [4.78, 5) is 5.07. The van der Waals surface area contributed by atoms with Gasteiger partial charge in [-0.1, -0.05) is 0 Å². The van der Waals surface area contributed by atoms with Crippen LogP contribution < -0.4 is 0 Å². The number of methoxy groups -OCH3 is 1. The van der Waals surface area contributed by atoms with Gasteiger partial charge in [0.2, 0.25) is 0 Å². The SMILES string of the molecule is COCCN1CCN(C(C)C)C(C)C1. The van der Waals surface area contributed by atoms with Gasteiger partial charge in [0.05, 0.1) is 6.61 Å². The predicted molar refractivity (Wildman–Crippen MR) is 59.6 cm³/mol. The monoisotopic (exact) mass is 200 g/mol. The normalized spacial score (nSPS) is 25.9. The molecule has 3 nitrogen and oxygen atoms in total. The van der Waals surface area contributed by atoms with Crippen molar-refractivity contribution in [2.45, 2.75) is 32.9 Å². The standard InChI is InChI=1S/C11H24N2O/c1-10(2)13-6-5-12(7-8-14-4)9-11(13)3/h10-11H,5-9H2,1-4H3. The number of rotatable bonds is 4. The minimum atomic E-state index is 0.676. The van der Waals surface area contributed by atoms with Crippen molar-refractivity contribution in [2.24, 2.45) is 0 Å². The van der Waals surface area contributed by atoms with Crippen molar-refractivity contribution in [1.29, 1.82) is 0 Å². The highest BCUT2D eigenvalue weighted by atomic mass is 16.5. The van der Waals surface area contributed by atoms with E-state index in [1.807, 2.05) is 0 Å². The largest absolute Gasteiger partial charge is 0.383 e. The van der Waals surface area contributed by atoms with Crippen LogP contribution in [-0.2, 0) is 4.74 Å². The summed E-state index contributed by atoms with van der Waals surface area (Å²) in [6.07, 6.45) is 0. The van der Waals surface area contributed by atoms with Gasteiger partial charge in [0.1, 0.15) is 0 Å². The quantitative estimate of drug-likeness (QED) is 0.674. The average Bonchev–Trinajstić information content (AvgIpc) is 2.14. The molecule has 1 heterocycles. The highest BCUT2D eigenvalue weighted by molar-refractivity contribution is 4.80. The van der Waals surface area contributed by atoms with E-state index in [1.165, 1.54) is 19.6 Å². The molecule has 1 fully saturated rings. The summed E-state index contributed by atoms with van der Waals surface area (Å²) in [5.74, 6) is 0. The number of hydrogen-bond donors (Lipinski definition) is 0. The molecule has 14 heavy (non-hydrogen) atoms. The molecule has 1 unspecified atom stereocenters. The van der Waals surface area contributed by atoms with Gasteiger partial charge in [0.15, 0.2) is 0 Å². The van der Waals surface area contributed by atoms with Crippen LogP contribution in [0, 0.1) is 0 Å². The molecule has 0 N–H and O–H groups in total. The molecule has 0 amide bonds. The zero-order valence-electron chi connectivity index (χ0n) is 9.99. The molecule has 1 atom stereocenters. The van der Waals surface area contributed by atoms with Crippen LogP contribution in [0.5, 0.6) is 0 Å². The maximum Gasteiger partial charge on any atom is 0.0589 e. The topological polar surface area (TPSA) is 15.7 Å². The maximum atomic E-state index is 5.10. The Bertz CT molecular complexity index is 161. The molecule has 1 saturated heterocycles. The summed E-state index contributed by atoms with van der Waals surface area (Å²) in [6, 6.07) is 1.36. The molecule has 0 aromatic carbocycles. The molecule has 0 aromatic heterocycles. The third kappa shape index (κ3) is 3.23. The lowest BCUT2D eigenvalue weighted by molar-refractivity contribution is 0.0456. The van der Waals surface area contributed by atoms with Gasteiger partial charge in [-0.2, -0.15) is 0 Å². The number of piperazine rings is 1. The lowest BCUT2D eigenvalue weighted by Gasteiger charge is -2.42. The van der Waals surface area contributed by atoms with Crippen LogP contribution in [0.3, 0.4) is 0 Å². The molecule has 0 aromatic rings. The fraction of sp³-hybridized carbons (Fsp3) is 1.00. The smallest absolute Gasteiger partial charge is 0.0589 e. The van der Waals surface area contributed by atoms with Crippen molar-refractivity contribution < 1.29 is 4.74 Å². The summed E-state index contributed by atoms with van der Waals surface area (Å²) in [5.41, 5.74) is 0. The molecule has 1 aliphatic heterocycles. The van der Waals surface area contributed by atoms with E-state index >= 15 is 0 Å². The van der Waals surface area contributed by atoms with Gasteiger partial charge in [-0.05, 0) is 20.8 Å². The molecule has 0 spiro atoms. The minimum absolute atomic E-state index is 0.676. The van der Waals surface area contributed by atoms with E-state index in [2.05, 4.69) is 30.6 Å². The third-order valence-electron chi connectivity index (χ3n) is 3.04. The molecular weight excluding hydrogens is 176 g/mol. The Morgan fingerprint density at radius 2 is 2.07 bits per heavy atom. The van der Waals surface area contributed by atoms with Crippen LogP contribution in [0.4, 0.5) is 0 Å². The first kappa shape index (κ1) is 12.0. The Morgan fingerprint density at radius 3 is 2.57 bits per heavy atom. The molecule has 1 aliphatic rings. The molecule has 0 saturated carbocycles. The molecule has 3 heteroatoms. The molecule has 84 valence electrons. The Balaban J connectivity index is 2.31. The van der Waals surface area contributed by atoms with Crippen molar-refractivity contribution >= 4 is 0 Å². The summed E-state index contributed by atoms with van der Waals surface area (Å²) in [5, 5.41) is 0. The van der Waals surface area contributed by atoms with Crippen molar-refractivity contribution in [3.63, 3.8) is 0 Å². The summed E-state index contributed by atoms with van der Waals surface area (Å²) in [6.45, 7) is 12.4. The molecule has 0 bridgehead atoms. The van der Waals surface area contributed by atoms with E-state index in [-0.39, 0.29) is 0 Å². The van der Waals surface area contributed by atoms with Crippen LogP contribution in [0.25, 0.3) is 0 Å². The molecule has 0 aliphatic carbocycles. The molecular formula is C11H24N2O. The van der Waals surface area contributed by atoms with Gasteiger partial charge >= 0.3 is 0 Å². The zero-order chi connectivity index (χ0) is 10.6. The highest BCUT2D eigenvalue weighted by Crippen LogP contribution is 2.12. The molecule has 0 radical (unpaired) electrons. The van der Waals surface area contributed by atoms with E-state index < -0.39 is 0 Å². The summed E-state index contributed by atoms with van der Waals surface area (Å²) >= 11 is 0. The van der Waals surface area contributed by atoms with Gasteiger partial charge < -0.3 is 4.74 Å². The fourth-order valence-electron chi connectivity index (χ4n) is 2.24. The fourth-order valence-corrected chi connectivity index (χ4v) is 2.24. The van der Waals surface area contributed by atoms with Gasteiger partial charge in [0.25, 0.3) is 0 Å². The van der Waals surface area contributed by atoms with Crippen molar-refractivity contribution in [1.82, 2.24) is 9.80 Å². The van der Waals surface area contributed by atoms with E-state index in [1.54, 1.807) is 7.11 Å². The minimum Gasteiger partial charge on any atom is -0.383 e. The number of nitrogens with zero attached hydrogens (tertiary/aromatic N) is 2. The van der Waals surface area contributed by atoms with Crippen LogP contribution in [-0.4, -0.2) is 61.8 Å². The zero-order valence-corrected chi connectivity index (χ0v) is 9.99. The average molecular weight is 200 g/mol. The van der Waals surface area contributed by atoms with Gasteiger partial charge in [-0.15, -0.1) is 0 Å². The van der Waals surface area contributed by atoms with E-state index in [9.17, 15) is 0 Å². The molecule has 1 rings (SSSR count). The van der Waals surface area contributed by atoms with Crippen LogP contribution >= 0.6 is 0 Å². The van der Waals surface area contributed by atoms with Crippen LogP contribution in [0.15, 0.2) is 0 Å². The van der Waals surface area contributed by atoms with Crippen molar-refractivity contribution in [3.05, 3.63) is 0 Å². The maximum absolute atomic E-state index is 5.10. The first-order valence-corrected chi connectivity index (χ1v) is 5.62. The van der Waals surface area contributed by atoms with Crippen LogP contribution in [0.2, 0.25) is 0 Å². The third-order valence-corrected chi connectivity index (χ3v) is 3.04. The van der Waals surface area contributed by atoms with E-state index in [0.29, 0.717) is 12.1 Å². The van der Waals surface area contributed by atoms with Crippen molar-refractivity contribution in [3.8, 4) is 0 Å². The van der Waals surface area contributed by atoms with E-state index in [4.69, 9.17) is 4.74 Å². The Kier molecular flexibility index (Phi) is 4.85. The first-order valence-electron chi connectivity index (χ1n) is 5.62. The van der Waals surface area contributed by atoms with Crippen molar-refractivity contribution in [2.75, 3.05) is 39.9 Å². The second-order valence-electron chi connectivity index (χ2n) is 4.47. The lowest BCUT2D eigenvalue weighted by atomic mass is 10.1. The Labute approximate surface area is 88.0 Å². The second-order valence-corrected chi connectivity index (χ2v) is 4.47. The van der Waals surface area contributed by atoms with Gasteiger partial charge in [0, 0.05) is 45.4 Å². The second kappa shape index (κ2) is 5.69. The highest BCUT2D eigenvalue weighted by Gasteiger charge is 2.24. The summed E-state index contributed by atoms with van der Waals surface area (Å²) in [7, 11) is 1.77. The van der Waals surface area contributed by atoms with Crippen LogP contribution in [0.1, 0.15) is 20.8 Å². The number of hydrogen-bond acceptors (Lipinski definition) is 3. The Morgan fingerprint density at radius 1 is 1.36 bits per heavy atom. The first-order chi connectivity index (χ1) is 6.65. The Hall–Kier alpha value is -0.120. The number of ether oxygens (including phenoxy) is 1. The summed E-state index contributed by atoms with van der Waals surface area (Å²) < 4.78 is 5.10. The predicted octanol–water partition coefficient (Wildman–Crippen LogP) is 1.05. The lowest BCUT2D eigenvalue weighted by Crippen LogP contribution is -2.54. The van der Waals surface area contributed by atoms with E-state index in [0.717, 1.165) is 13.2 Å². The van der Waals surface area contributed by atoms with Gasteiger partial charge in [-0.3, -0.25) is 9.80 Å². The van der Waals surface area contributed by atoms with Gasteiger partial charge in [-0.25, -0.2) is 0 Å².